The number of ether oxygens (including phenoxy) is 2. The van der Waals surface area contributed by atoms with Gasteiger partial charge in [0.15, 0.2) is 11.5 Å². The zero-order valence-corrected chi connectivity index (χ0v) is 13.2. The molecule has 0 unspecified atom stereocenters. The standard InChI is InChI=1S/C16H18N4O3/c1-9-8-10(2)18-16(17-9)20-19-15(21)14-11(3)22-12-6-4-5-7-13(12)23-14/h4-8,11,14H,1-3H3,(H,19,21)(H,17,18,20)/t11-,14-/m0/s1. The van der Waals surface area contributed by atoms with E-state index >= 15 is 0 Å². The summed E-state index contributed by atoms with van der Waals surface area (Å²) >= 11 is 0. The molecular weight excluding hydrogens is 296 g/mol. The SMILES string of the molecule is Cc1cc(C)nc(NNC(=O)[C@H]2Oc3ccccc3O[C@H]2C)n1. The highest BCUT2D eigenvalue weighted by atomic mass is 16.6. The minimum absolute atomic E-state index is 0.334. The Bertz CT molecular complexity index is 715. The topological polar surface area (TPSA) is 85.4 Å². The summed E-state index contributed by atoms with van der Waals surface area (Å²) in [6.07, 6.45) is -1.17. The quantitative estimate of drug-likeness (QED) is 0.840. The van der Waals surface area contributed by atoms with Crippen LogP contribution in [0.3, 0.4) is 0 Å². The van der Waals surface area contributed by atoms with Gasteiger partial charge in [-0.25, -0.2) is 9.97 Å². The summed E-state index contributed by atoms with van der Waals surface area (Å²) in [6.45, 7) is 5.51. The fourth-order valence-corrected chi connectivity index (χ4v) is 2.38. The van der Waals surface area contributed by atoms with Crippen LogP contribution in [0.5, 0.6) is 11.5 Å². The van der Waals surface area contributed by atoms with Gasteiger partial charge in [0.1, 0.15) is 6.10 Å². The smallest absolute Gasteiger partial charge is 0.283 e. The van der Waals surface area contributed by atoms with Crippen LogP contribution in [0, 0.1) is 13.8 Å². The number of hydrogen-bond donors (Lipinski definition) is 2. The number of amides is 1. The molecule has 0 radical (unpaired) electrons. The molecule has 0 saturated heterocycles. The molecule has 23 heavy (non-hydrogen) atoms. The van der Waals surface area contributed by atoms with Crippen LogP contribution >= 0.6 is 0 Å². The number of aromatic nitrogens is 2. The second-order valence-electron chi connectivity index (χ2n) is 5.40. The molecule has 7 heteroatoms. The predicted molar refractivity (Wildman–Crippen MR) is 84.2 cm³/mol. The number of nitrogens with one attached hydrogen (secondary N) is 2. The molecule has 1 aliphatic rings. The maximum absolute atomic E-state index is 12.3. The molecule has 2 N–H and O–H groups in total. The van der Waals surface area contributed by atoms with Crippen molar-refractivity contribution in [2.45, 2.75) is 33.0 Å². The average molecular weight is 314 g/mol. The fourth-order valence-electron chi connectivity index (χ4n) is 2.38. The third-order valence-electron chi connectivity index (χ3n) is 3.38. The van der Waals surface area contributed by atoms with Gasteiger partial charge in [0.2, 0.25) is 12.1 Å². The molecule has 0 saturated carbocycles. The highest BCUT2D eigenvalue weighted by Gasteiger charge is 2.34. The zero-order valence-electron chi connectivity index (χ0n) is 13.2. The third-order valence-corrected chi connectivity index (χ3v) is 3.38. The highest BCUT2D eigenvalue weighted by molar-refractivity contribution is 5.83. The van der Waals surface area contributed by atoms with E-state index < -0.39 is 12.2 Å². The summed E-state index contributed by atoms with van der Waals surface area (Å²) in [5.41, 5.74) is 6.90. The molecular formula is C16H18N4O3. The van der Waals surface area contributed by atoms with Gasteiger partial charge in [0.25, 0.3) is 5.91 Å². The van der Waals surface area contributed by atoms with E-state index in [4.69, 9.17) is 9.47 Å². The van der Waals surface area contributed by atoms with Gasteiger partial charge in [-0.3, -0.25) is 15.6 Å². The zero-order chi connectivity index (χ0) is 16.4. The molecule has 0 bridgehead atoms. The molecule has 0 fully saturated rings. The first-order valence-corrected chi connectivity index (χ1v) is 7.33. The Morgan fingerprint density at radius 3 is 2.35 bits per heavy atom. The number of benzene rings is 1. The maximum Gasteiger partial charge on any atom is 0.283 e. The van der Waals surface area contributed by atoms with Crippen molar-refractivity contribution in [3.05, 3.63) is 41.7 Å². The van der Waals surface area contributed by atoms with E-state index in [1.807, 2.05) is 38.1 Å². The number of carbonyl (C=O) groups is 1. The van der Waals surface area contributed by atoms with Crippen molar-refractivity contribution in [1.29, 1.82) is 0 Å². The third kappa shape index (κ3) is 3.33. The van der Waals surface area contributed by atoms with Crippen molar-refractivity contribution < 1.29 is 14.3 Å². The summed E-state index contributed by atoms with van der Waals surface area (Å²) in [7, 11) is 0. The van der Waals surface area contributed by atoms with Gasteiger partial charge < -0.3 is 9.47 Å². The molecule has 3 rings (SSSR count). The largest absolute Gasteiger partial charge is 0.482 e. The molecule has 1 aliphatic heterocycles. The molecule has 1 aromatic carbocycles. The van der Waals surface area contributed by atoms with Gasteiger partial charge in [-0.1, -0.05) is 12.1 Å². The summed E-state index contributed by atoms with van der Waals surface area (Å²) in [5.74, 6) is 1.17. The van der Waals surface area contributed by atoms with Crippen molar-refractivity contribution in [3.8, 4) is 11.5 Å². The molecule has 120 valence electrons. The number of aryl methyl sites for hydroxylation is 2. The van der Waals surface area contributed by atoms with Crippen LogP contribution in [0.15, 0.2) is 30.3 Å². The fraction of sp³-hybridized carbons (Fsp3) is 0.312. The molecule has 7 nitrogen and oxygen atoms in total. The Balaban J connectivity index is 1.66. The second kappa shape index (κ2) is 6.12. The Morgan fingerprint density at radius 1 is 1.09 bits per heavy atom. The number of hydrogen-bond acceptors (Lipinski definition) is 6. The van der Waals surface area contributed by atoms with Crippen LogP contribution in [0.4, 0.5) is 5.95 Å². The first-order chi connectivity index (χ1) is 11.0. The van der Waals surface area contributed by atoms with Crippen LogP contribution in [0.1, 0.15) is 18.3 Å². The highest BCUT2D eigenvalue weighted by Crippen LogP contribution is 2.33. The lowest BCUT2D eigenvalue weighted by molar-refractivity contribution is -0.132. The van der Waals surface area contributed by atoms with Crippen LogP contribution in [0.2, 0.25) is 0 Å². The molecule has 1 amide bonds. The normalized spacial score (nSPS) is 19.1. The van der Waals surface area contributed by atoms with Crippen LogP contribution in [0.25, 0.3) is 0 Å². The maximum atomic E-state index is 12.3. The molecule has 0 spiro atoms. The van der Waals surface area contributed by atoms with E-state index in [1.54, 1.807) is 13.0 Å². The van der Waals surface area contributed by atoms with E-state index in [0.717, 1.165) is 11.4 Å². The van der Waals surface area contributed by atoms with Gasteiger partial charge in [0, 0.05) is 11.4 Å². The number of anilines is 1. The van der Waals surface area contributed by atoms with Gasteiger partial charge in [-0.2, -0.15) is 0 Å². The lowest BCUT2D eigenvalue weighted by atomic mass is 10.1. The van der Waals surface area contributed by atoms with Gasteiger partial charge >= 0.3 is 0 Å². The monoisotopic (exact) mass is 314 g/mol. The average Bonchev–Trinajstić information content (AvgIpc) is 2.51. The van der Waals surface area contributed by atoms with Crippen molar-refractivity contribution in [3.63, 3.8) is 0 Å². The Labute approximate surface area is 134 Å². The lowest BCUT2D eigenvalue weighted by Crippen LogP contribution is -2.50. The minimum Gasteiger partial charge on any atom is -0.482 e. The van der Waals surface area contributed by atoms with Gasteiger partial charge in [0.05, 0.1) is 0 Å². The molecule has 2 aromatic rings. The van der Waals surface area contributed by atoms with E-state index in [0.29, 0.717) is 17.4 Å². The number of carbonyl (C=O) groups excluding carboxylic acids is 1. The first-order valence-electron chi connectivity index (χ1n) is 7.33. The molecule has 2 atom stereocenters. The van der Waals surface area contributed by atoms with Crippen molar-refractivity contribution in [2.75, 3.05) is 5.43 Å². The number of nitrogens with zero attached hydrogens (tertiary/aromatic N) is 2. The second-order valence-corrected chi connectivity index (χ2v) is 5.40. The predicted octanol–water partition coefficient (Wildman–Crippen LogP) is 1.77. The molecule has 1 aromatic heterocycles. The summed E-state index contributed by atoms with van der Waals surface area (Å²) in [5, 5.41) is 0. The van der Waals surface area contributed by atoms with Crippen LogP contribution in [-0.4, -0.2) is 28.1 Å². The Hall–Kier alpha value is -2.83. The number of para-hydroxylation sites is 2. The van der Waals surface area contributed by atoms with Crippen molar-refractivity contribution in [1.82, 2.24) is 15.4 Å². The number of fused-ring (bicyclic) bond motifs is 1. The number of rotatable bonds is 3. The summed E-state index contributed by atoms with van der Waals surface area (Å²) in [6, 6.07) is 9.11. The Morgan fingerprint density at radius 2 is 1.70 bits per heavy atom. The van der Waals surface area contributed by atoms with Gasteiger partial charge in [-0.15, -0.1) is 0 Å². The van der Waals surface area contributed by atoms with Crippen LogP contribution in [-0.2, 0) is 4.79 Å². The lowest BCUT2D eigenvalue weighted by Gasteiger charge is -2.30. The summed E-state index contributed by atoms with van der Waals surface area (Å²) in [4.78, 5) is 20.7. The Kier molecular flexibility index (Phi) is 4.01. The molecule has 0 aliphatic carbocycles. The van der Waals surface area contributed by atoms with E-state index in [1.165, 1.54) is 0 Å². The van der Waals surface area contributed by atoms with Gasteiger partial charge in [-0.05, 0) is 39.0 Å². The summed E-state index contributed by atoms with van der Waals surface area (Å²) < 4.78 is 11.4. The van der Waals surface area contributed by atoms with Crippen LogP contribution < -0.4 is 20.3 Å². The first kappa shape index (κ1) is 15.1. The number of hydrazine groups is 1. The minimum atomic E-state index is -0.761. The van der Waals surface area contributed by atoms with Crippen molar-refractivity contribution in [2.24, 2.45) is 0 Å². The van der Waals surface area contributed by atoms with E-state index in [9.17, 15) is 4.79 Å². The molecule has 2 heterocycles. The van der Waals surface area contributed by atoms with E-state index in [2.05, 4.69) is 20.8 Å². The van der Waals surface area contributed by atoms with Crippen molar-refractivity contribution >= 4 is 11.9 Å². The van der Waals surface area contributed by atoms with E-state index in [-0.39, 0.29) is 5.91 Å².